The summed E-state index contributed by atoms with van der Waals surface area (Å²) >= 11 is 0. The second-order valence-electron chi connectivity index (χ2n) is 6.20. The zero-order chi connectivity index (χ0) is 20.0. The standard InChI is InChI=1S/C22H25N3O3/c1-2-3-4-5-14-27-20-12-8-19(9-13-20)16-24-25-22(26)17-28-21-10-6-18(15-23)7-11-21/h6-13,16H,2-5,14,17H2,1H3,(H,25,26)/b24-16+. The number of nitrogens with one attached hydrogen (secondary N) is 1. The highest BCUT2D eigenvalue weighted by molar-refractivity contribution is 5.83. The van der Waals surface area contributed by atoms with Gasteiger partial charge in [-0.25, -0.2) is 5.43 Å². The van der Waals surface area contributed by atoms with Crippen LogP contribution in [0.2, 0.25) is 0 Å². The highest BCUT2D eigenvalue weighted by atomic mass is 16.5. The summed E-state index contributed by atoms with van der Waals surface area (Å²) in [6.45, 7) is 2.75. The van der Waals surface area contributed by atoms with Gasteiger partial charge in [0.1, 0.15) is 11.5 Å². The van der Waals surface area contributed by atoms with Crippen LogP contribution in [0.4, 0.5) is 0 Å². The van der Waals surface area contributed by atoms with E-state index in [0.29, 0.717) is 11.3 Å². The summed E-state index contributed by atoms with van der Waals surface area (Å²) in [5, 5.41) is 12.7. The maximum atomic E-state index is 11.8. The Morgan fingerprint density at radius 3 is 2.39 bits per heavy atom. The van der Waals surface area contributed by atoms with Gasteiger partial charge in [-0.1, -0.05) is 26.2 Å². The van der Waals surface area contributed by atoms with Crippen LogP contribution in [0.3, 0.4) is 0 Å². The lowest BCUT2D eigenvalue weighted by Crippen LogP contribution is -2.24. The number of hydrazone groups is 1. The van der Waals surface area contributed by atoms with Gasteiger partial charge in [0.25, 0.3) is 5.91 Å². The third-order valence-corrected chi connectivity index (χ3v) is 3.90. The Bertz CT molecular complexity index is 793. The van der Waals surface area contributed by atoms with Crippen molar-refractivity contribution in [1.29, 1.82) is 5.26 Å². The van der Waals surface area contributed by atoms with Gasteiger partial charge >= 0.3 is 0 Å². The number of hydrogen-bond acceptors (Lipinski definition) is 5. The third kappa shape index (κ3) is 7.92. The minimum Gasteiger partial charge on any atom is -0.494 e. The van der Waals surface area contributed by atoms with Crippen molar-refractivity contribution >= 4 is 12.1 Å². The van der Waals surface area contributed by atoms with Crippen LogP contribution in [-0.2, 0) is 4.79 Å². The first-order valence-electron chi connectivity index (χ1n) is 9.39. The number of carbonyl (C=O) groups is 1. The van der Waals surface area contributed by atoms with Crippen LogP contribution >= 0.6 is 0 Å². The van der Waals surface area contributed by atoms with E-state index < -0.39 is 0 Å². The van der Waals surface area contributed by atoms with E-state index in [2.05, 4.69) is 17.5 Å². The maximum Gasteiger partial charge on any atom is 0.277 e. The number of carbonyl (C=O) groups excluding carboxylic acids is 1. The molecule has 0 aliphatic rings. The summed E-state index contributed by atoms with van der Waals surface area (Å²) in [7, 11) is 0. The molecule has 6 nitrogen and oxygen atoms in total. The first-order valence-corrected chi connectivity index (χ1v) is 9.39. The number of amides is 1. The summed E-state index contributed by atoms with van der Waals surface area (Å²) in [5.74, 6) is 0.976. The van der Waals surface area contributed by atoms with Crippen molar-refractivity contribution in [2.75, 3.05) is 13.2 Å². The average Bonchev–Trinajstić information content (AvgIpc) is 2.73. The van der Waals surface area contributed by atoms with Crippen molar-refractivity contribution in [3.05, 3.63) is 59.7 Å². The first kappa shape index (κ1) is 21.0. The number of hydrogen-bond donors (Lipinski definition) is 1. The molecule has 6 heteroatoms. The lowest BCUT2D eigenvalue weighted by atomic mass is 10.2. The van der Waals surface area contributed by atoms with Crippen molar-refractivity contribution < 1.29 is 14.3 Å². The van der Waals surface area contributed by atoms with Crippen molar-refractivity contribution in [1.82, 2.24) is 5.43 Å². The lowest BCUT2D eigenvalue weighted by Gasteiger charge is -2.06. The average molecular weight is 379 g/mol. The monoisotopic (exact) mass is 379 g/mol. The Morgan fingerprint density at radius 1 is 1.04 bits per heavy atom. The van der Waals surface area contributed by atoms with Gasteiger partial charge in [0.15, 0.2) is 6.61 Å². The summed E-state index contributed by atoms with van der Waals surface area (Å²) in [5.41, 5.74) is 3.80. The van der Waals surface area contributed by atoms with Gasteiger partial charge in [-0.2, -0.15) is 10.4 Å². The fourth-order valence-corrected chi connectivity index (χ4v) is 2.35. The number of rotatable bonds is 11. The van der Waals surface area contributed by atoms with Crippen LogP contribution < -0.4 is 14.9 Å². The molecular formula is C22H25N3O3. The fourth-order valence-electron chi connectivity index (χ4n) is 2.35. The summed E-state index contributed by atoms with van der Waals surface area (Å²) < 4.78 is 11.0. The molecule has 0 saturated carbocycles. The fraction of sp³-hybridized carbons (Fsp3) is 0.318. The molecule has 0 radical (unpaired) electrons. The molecule has 0 fully saturated rings. The highest BCUT2D eigenvalue weighted by Crippen LogP contribution is 2.12. The van der Waals surface area contributed by atoms with Crippen LogP contribution in [0.25, 0.3) is 0 Å². The molecule has 0 aliphatic heterocycles. The molecule has 0 saturated heterocycles. The lowest BCUT2D eigenvalue weighted by molar-refractivity contribution is -0.123. The van der Waals surface area contributed by atoms with E-state index in [9.17, 15) is 4.79 Å². The van der Waals surface area contributed by atoms with Crippen LogP contribution in [0.1, 0.15) is 43.7 Å². The smallest absolute Gasteiger partial charge is 0.277 e. The normalized spacial score (nSPS) is 10.4. The van der Waals surface area contributed by atoms with Crippen LogP contribution in [0.5, 0.6) is 11.5 Å². The molecular weight excluding hydrogens is 354 g/mol. The van der Waals surface area contributed by atoms with Crippen molar-refractivity contribution in [2.45, 2.75) is 32.6 Å². The van der Waals surface area contributed by atoms with Crippen LogP contribution in [-0.4, -0.2) is 25.3 Å². The van der Waals surface area contributed by atoms with E-state index in [0.717, 1.165) is 24.3 Å². The van der Waals surface area contributed by atoms with Gasteiger partial charge in [0, 0.05) is 0 Å². The van der Waals surface area contributed by atoms with E-state index in [1.54, 1.807) is 30.5 Å². The predicted molar refractivity (Wildman–Crippen MR) is 108 cm³/mol. The Hall–Kier alpha value is -3.33. The van der Waals surface area contributed by atoms with Crippen LogP contribution in [0, 0.1) is 11.3 Å². The summed E-state index contributed by atoms with van der Waals surface area (Å²) in [6, 6.07) is 16.1. The number of nitriles is 1. The molecule has 1 N–H and O–H groups in total. The number of unbranched alkanes of at least 4 members (excludes halogenated alkanes) is 3. The molecule has 2 aromatic rings. The zero-order valence-electron chi connectivity index (χ0n) is 16.1. The quantitative estimate of drug-likeness (QED) is 0.363. The van der Waals surface area contributed by atoms with E-state index in [1.165, 1.54) is 19.3 Å². The van der Waals surface area contributed by atoms with E-state index in [1.807, 2.05) is 30.3 Å². The molecule has 0 aliphatic carbocycles. The Balaban J connectivity index is 1.68. The number of ether oxygens (including phenoxy) is 2. The Labute approximate surface area is 165 Å². The Morgan fingerprint density at radius 2 is 1.71 bits per heavy atom. The number of nitrogens with zero attached hydrogens (tertiary/aromatic N) is 2. The third-order valence-electron chi connectivity index (χ3n) is 3.90. The van der Waals surface area contributed by atoms with Crippen molar-refractivity contribution in [3.63, 3.8) is 0 Å². The van der Waals surface area contributed by atoms with E-state index >= 15 is 0 Å². The summed E-state index contributed by atoms with van der Waals surface area (Å²) in [4.78, 5) is 11.8. The molecule has 0 bridgehead atoms. The minimum atomic E-state index is -0.368. The second kappa shape index (κ2) is 12.1. The van der Waals surface area contributed by atoms with Gasteiger partial charge in [-0.05, 0) is 60.5 Å². The second-order valence-corrected chi connectivity index (χ2v) is 6.20. The SMILES string of the molecule is CCCCCCOc1ccc(/C=N/NC(=O)COc2ccc(C#N)cc2)cc1. The van der Waals surface area contributed by atoms with Gasteiger partial charge in [-0.15, -0.1) is 0 Å². The van der Waals surface area contributed by atoms with Gasteiger partial charge in [-0.3, -0.25) is 4.79 Å². The topological polar surface area (TPSA) is 83.7 Å². The highest BCUT2D eigenvalue weighted by Gasteiger charge is 2.01. The molecule has 1 amide bonds. The summed E-state index contributed by atoms with van der Waals surface area (Å²) in [6.07, 6.45) is 6.27. The van der Waals surface area contributed by atoms with E-state index in [-0.39, 0.29) is 12.5 Å². The molecule has 2 aromatic carbocycles. The largest absolute Gasteiger partial charge is 0.494 e. The zero-order valence-corrected chi connectivity index (χ0v) is 16.1. The van der Waals surface area contributed by atoms with Crippen LogP contribution in [0.15, 0.2) is 53.6 Å². The molecule has 28 heavy (non-hydrogen) atoms. The van der Waals surface area contributed by atoms with Crippen molar-refractivity contribution in [3.8, 4) is 17.6 Å². The predicted octanol–water partition coefficient (Wildman–Crippen LogP) is 4.05. The Kier molecular flexibility index (Phi) is 9.09. The first-order chi connectivity index (χ1) is 13.7. The molecule has 0 atom stereocenters. The minimum absolute atomic E-state index is 0.159. The molecule has 0 heterocycles. The molecule has 146 valence electrons. The molecule has 0 unspecified atom stereocenters. The van der Waals surface area contributed by atoms with Crippen molar-refractivity contribution in [2.24, 2.45) is 5.10 Å². The number of benzene rings is 2. The molecule has 0 aromatic heterocycles. The van der Waals surface area contributed by atoms with Gasteiger partial charge in [0.05, 0.1) is 24.5 Å². The van der Waals surface area contributed by atoms with E-state index in [4.69, 9.17) is 14.7 Å². The molecule has 2 rings (SSSR count). The van der Waals surface area contributed by atoms with Gasteiger partial charge < -0.3 is 9.47 Å². The van der Waals surface area contributed by atoms with Gasteiger partial charge in [0.2, 0.25) is 0 Å². The molecule has 0 spiro atoms. The maximum absolute atomic E-state index is 11.8.